The van der Waals surface area contributed by atoms with Gasteiger partial charge in [0, 0.05) is 5.54 Å². The predicted molar refractivity (Wildman–Crippen MR) is 93.8 cm³/mol. The van der Waals surface area contributed by atoms with Gasteiger partial charge >= 0.3 is 12.0 Å². The highest BCUT2D eigenvalue weighted by Crippen LogP contribution is 2.24. The van der Waals surface area contributed by atoms with Crippen LogP contribution in [-0.2, 0) is 14.3 Å². The highest BCUT2D eigenvalue weighted by molar-refractivity contribution is 6.22. The molecule has 5 amide bonds. The zero-order chi connectivity index (χ0) is 20.4. The molecule has 1 aliphatic heterocycles. The van der Waals surface area contributed by atoms with Crippen LogP contribution in [0.4, 0.5) is 4.79 Å². The summed E-state index contributed by atoms with van der Waals surface area (Å²) in [6, 6.07) is 4.28. The molecular formula is C18H21N3O6. The van der Waals surface area contributed by atoms with Crippen LogP contribution in [0.5, 0.6) is 0 Å². The van der Waals surface area contributed by atoms with Crippen molar-refractivity contribution >= 4 is 29.7 Å². The average Bonchev–Trinajstić information content (AvgIpc) is 2.82. The van der Waals surface area contributed by atoms with Crippen LogP contribution in [0.25, 0.3) is 0 Å². The number of benzene rings is 1. The van der Waals surface area contributed by atoms with Crippen molar-refractivity contribution in [3.63, 3.8) is 0 Å². The molecule has 0 fully saturated rings. The molecular weight excluding hydrogens is 354 g/mol. The molecule has 2 rings (SSSR count). The highest BCUT2D eigenvalue weighted by atomic mass is 16.5. The fourth-order valence-corrected chi connectivity index (χ4v) is 2.46. The van der Waals surface area contributed by atoms with Gasteiger partial charge in [-0.05, 0) is 39.8 Å². The SMILES string of the molecule is C[C@H](C(=O)OCC(=O)NC(=O)NC(C)(C)C)N1C(=O)c2ccccc2C1=O. The first-order valence-electron chi connectivity index (χ1n) is 8.27. The van der Waals surface area contributed by atoms with E-state index in [2.05, 4.69) is 5.32 Å². The molecule has 0 aromatic heterocycles. The van der Waals surface area contributed by atoms with E-state index in [0.717, 1.165) is 4.90 Å². The summed E-state index contributed by atoms with van der Waals surface area (Å²) in [5, 5.41) is 4.54. The third-order valence-electron chi connectivity index (χ3n) is 3.64. The van der Waals surface area contributed by atoms with Crippen molar-refractivity contribution < 1.29 is 28.7 Å². The molecule has 0 bridgehead atoms. The van der Waals surface area contributed by atoms with Crippen LogP contribution in [0.3, 0.4) is 0 Å². The molecule has 1 aromatic carbocycles. The Morgan fingerprint density at radius 1 is 1.07 bits per heavy atom. The van der Waals surface area contributed by atoms with Gasteiger partial charge in [0.15, 0.2) is 6.61 Å². The second-order valence-electron chi connectivity index (χ2n) is 7.06. The Bertz CT molecular complexity index is 777. The number of carbonyl (C=O) groups is 5. The Morgan fingerprint density at radius 3 is 2.07 bits per heavy atom. The van der Waals surface area contributed by atoms with Gasteiger partial charge in [-0.2, -0.15) is 0 Å². The Kier molecular flexibility index (Phi) is 5.63. The highest BCUT2D eigenvalue weighted by Gasteiger charge is 2.41. The van der Waals surface area contributed by atoms with Gasteiger partial charge in [-0.25, -0.2) is 9.59 Å². The minimum absolute atomic E-state index is 0.207. The molecule has 9 heteroatoms. The molecule has 1 heterocycles. The summed E-state index contributed by atoms with van der Waals surface area (Å²) in [5.41, 5.74) is -0.126. The number of urea groups is 1. The summed E-state index contributed by atoms with van der Waals surface area (Å²) in [5.74, 6) is -2.97. The fourth-order valence-electron chi connectivity index (χ4n) is 2.46. The van der Waals surface area contributed by atoms with Crippen LogP contribution in [0.15, 0.2) is 24.3 Å². The maximum Gasteiger partial charge on any atom is 0.329 e. The van der Waals surface area contributed by atoms with E-state index < -0.39 is 47.9 Å². The minimum Gasteiger partial charge on any atom is -0.454 e. The number of hydrogen-bond acceptors (Lipinski definition) is 6. The van der Waals surface area contributed by atoms with E-state index in [-0.39, 0.29) is 11.1 Å². The van der Waals surface area contributed by atoms with E-state index in [1.165, 1.54) is 19.1 Å². The second-order valence-corrected chi connectivity index (χ2v) is 7.06. The summed E-state index contributed by atoms with van der Waals surface area (Å²) in [7, 11) is 0. The first-order valence-corrected chi connectivity index (χ1v) is 8.27. The lowest BCUT2D eigenvalue weighted by molar-refractivity contribution is -0.151. The Balaban J connectivity index is 1.91. The third kappa shape index (κ3) is 4.69. The molecule has 9 nitrogen and oxygen atoms in total. The molecule has 27 heavy (non-hydrogen) atoms. The lowest BCUT2D eigenvalue weighted by atomic mass is 10.1. The Morgan fingerprint density at radius 2 is 1.59 bits per heavy atom. The molecule has 0 spiro atoms. The van der Waals surface area contributed by atoms with E-state index in [9.17, 15) is 24.0 Å². The quantitative estimate of drug-likeness (QED) is 0.594. The van der Waals surface area contributed by atoms with E-state index in [1.807, 2.05) is 5.32 Å². The van der Waals surface area contributed by atoms with E-state index in [1.54, 1.807) is 32.9 Å². The molecule has 0 unspecified atom stereocenters. The maximum atomic E-state index is 12.3. The van der Waals surface area contributed by atoms with Crippen molar-refractivity contribution in [1.29, 1.82) is 0 Å². The van der Waals surface area contributed by atoms with Gasteiger partial charge in [0.05, 0.1) is 11.1 Å². The summed E-state index contributed by atoms with van der Waals surface area (Å²) in [6.45, 7) is 5.82. The lowest BCUT2D eigenvalue weighted by Gasteiger charge is -2.21. The number of fused-ring (bicyclic) bond motifs is 1. The van der Waals surface area contributed by atoms with Crippen molar-refractivity contribution in [2.24, 2.45) is 0 Å². The first-order chi connectivity index (χ1) is 12.5. The first kappa shape index (κ1) is 20.1. The molecule has 0 aliphatic carbocycles. The number of esters is 1. The number of nitrogens with one attached hydrogen (secondary N) is 2. The largest absolute Gasteiger partial charge is 0.454 e. The zero-order valence-corrected chi connectivity index (χ0v) is 15.5. The van der Waals surface area contributed by atoms with E-state index in [4.69, 9.17) is 4.74 Å². The third-order valence-corrected chi connectivity index (χ3v) is 3.64. The molecule has 0 saturated carbocycles. The molecule has 0 radical (unpaired) electrons. The molecule has 1 aliphatic rings. The van der Waals surface area contributed by atoms with Gasteiger partial charge < -0.3 is 10.1 Å². The van der Waals surface area contributed by atoms with Crippen molar-refractivity contribution in [2.45, 2.75) is 39.3 Å². The molecule has 144 valence electrons. The van der Waals surface area contributed by atoms with Gasteiger partial charge in [-0.15, -0.1) is 0 Å². The maximum absolute atomic E-state index is 12.3. The summed E-state index contributed by atoms with van der Waals surface area (Å²) < 4.78 is 4.83. The van der Waals surface area contributed by atoms with Crippen molar-refractivity contribution in [3.05, 3.63) is 35.4 Å². The van der Waals surface area contributed by atoms with E-state index in [0.29, 0.717) is 0 Å². The number of hydrogen-bond donors (Lipinski definition) is 2. The van der Waals surface area contributed by atoms with Gasteiger partial charge in [0.25, 0.3) is 17.7 Å². The Hall–Kier alpha value is -3.23. The number of rotatable bonds is 4. The van der Waals surface area contributed by atoms with Gasteiger partial charge in [-0.3, -0.25) is 24.6 Å². The number of ether oxygens (including phenoxy) is 1. The number of nitrogens with zero attached hydrogens (tertiary/aromatic N) is 1. The number of amides is 5. The average molecular weight is 375 g/mol. The predicted octanol–water partition coefficient (Wildman–Crippen LogP) is 0.839. The van der Waals surface area contributed by atoms with Crippen LogP contribution >= 0.6 is 0 Å². The Labute approximate surface area is 156 Å². The van der Waals surface area contributed by atoms with Crippen LogP contribution in [0.2, 0.25) is 0 Å². The standard InChI is InChI=1S/C18H21N3O6/c1-10(21-14(23)11-7-5-6-8-12(11)15(21)24)16(25)27-9-13(22)19-17(26)20-18(2,3)4/h5-8,10H,9H2,1-4H3,(H2,19,20,22,26)/t10-/m1/s1. The second kappa shape index (κ2) is 7.56. The number of imide groups is 2. The van der Waals surface area contributed by atoms with Crippen molar-refractivity contribution in [2.75, 3.05) is 6.61 Å². The minimum atomic E-state index is -1.21. The van der Waals surface area contributed by atoms with Crippen LogP contribution < -0.4 is 10.6 Å². The zero-order valence-electron chi connectivity index (χ0n) is 15.5. The van der Waals surface area contributed by atoms with Gasteiger partial charge in [0.1, 0.15) is 6.04 Å². The summed E-state index contributed by atoms with van der Waals surface area (Å²) >= 11 is 0. The van der Waals surface area contributed by atoms with Crippen molar-refractivity contribution in [1.82, 2.24) is 15.5 Å². The van der Waals surface area contributed by atoms with Crippen LogP contribution in [0, 0.1) is 0 Å². The van der Waals surface area contributed by atoms with Gasteiger partial charge in [-0.1, -0.05) is 12.1 Å². The van der Waals surface area contributed by atoms with E-state index >= 15 is 0 Å². The topological polar surface area (TPSA) is 122 Å². The fraction of sp³-hybridized carbons (Fsp3) is 0.389. The smallest absolute Gasteiger partial charge is 0.329 e. The monoisotopic (exact) mass is 375 g/mol. The molecule has 0 saturated heterocycles. The summed E-state index contributed by atoms with van der Waals surface area (Å²) in [6.07, 6.45) is 0. The van der Waals surface area contributed by atoms with Crippen LogP contribution in [-0.4, -0.2) is 52.8 Å². The summed E-state index contributed by atoms with van der Waals surface area (Å²) in [4.78, 5) is 60.9. The van der Waals surface area contributed by atoms with Crippen LogP contribution in [0.1, 0.15) is 48.4 Å². The molecule has 1 aromatic rings. The molecule has 2 N–H and O–H groups in total. The van der Waals surface area contributed by atoms with Gasteiger partial charge in [0.2, 0.25) is 0 Å². The number of carbonyl (C=O) groups excluding carboxylic acids is 5. The molecule has 1 atom stereocenters. The lowest BCUT2D eigenvalue weighted by Crippen LogP contribution is -2.49. The van der Waals surface area contributed by atoms with Crippen molar-refractivity contribution in [3.8, 4) is 0 Å². The normalized spacial score (nSPS) is 14.4.